The Balaban J connectivity index is 1.66. The first-order valence-electron chi connectivity index (χ1n) is 9.60. The van der Waals surface area contributed by atoms with E-state index < -0.39 is 0 Å². The number of pyridine rings is 1. The van der Waals surface area contributed by atoms with Crippen LogP contribution >= 0.6 is 11.3 Å². The smallest absolute Gasteiger partial charge is 0.338 e. The number of hydrogen-bond acceptors (Lipinski definition) is 5. The lowest BCUT2D eigenvalue weighted by atomic mass is 10.1. The maximum Gasteiger partial charge on any atom is 0.338 e. The molecule has 0 saturated carbocycles. The molecule has 0 aliphatic carbocycles. The molecule has 2 aromatic carbocycles. The van der Waals surface area contributed by atoms with Crippen LogP contribution in [-0.2, 0) is 4.74 Å². The number of anilines is 1. The normalized spacial score (nSPS) is 10.7. The Morgan fingerprint density at radius 1 is 1.03 bits per heavy atom. The van der Waals surface area contributed by atoms with Gasteiger partial charge in [0, 0.05) is 16.0 Å². The molecule has 0 aliphatic heterocycles. The molecule has 30 heavy (non-hydrogen) atoms. The van der Waals surface area contributed by atoms with Crippen molar-refractivity contribution in [2.24, 2.45) is 0 Å². The van der Waals surface area contributed by atoms with E-state index >= 15 is 0 Å². The SMILES string of the molecule is CCOC(=O)c1ccc(NC(=O)c2cc(-c3ccc(C)s3)nc3ccccc23)cc1. The average molecular weight is 417 g/mol. The second-order valence-corrected chi connectivity index (χ2v) is 8.02. The molecule has 0 atom stereocenters. The number of rotatable bonds is 5. The van der Waals surface area contributed by atoms with E-state index in [1.165, 1.54) is 4.88 Å². The van der Waals surface area contributed by atoms with Crippen LogP contribution in [0, 0.1) is 6.92 Å². The minimum atomic E-state index is -0.383. The summed E-state index contributed by atoms with van der Waals surface area (Å²) in [7, 11) is 0. The van der Waals surface area contributed by atoms with Crippen LogP contribution in [-0.4, -0.2) is 23.5 Å². The van der Waals surface area contributed by atoms with Gasteiger partial charge in [-0.3, -0.25) is 4.79 Å². The van der Waals surface area contributed by atoms with E-state index in [0.717, 1.165) is 21.5 Å². The molecule has 5 nitrogen and oxygen atoms in total. The summed E-state index contributed by atoms with van der Waals surface area (Å²) in [5.74, 6) is -0.613. The molecule has 0 fully saturated rings. The largest absolute Gasteiger partial charge is 0.462 e. The number of ether oxygens (including phenoxy) is 1. The van der Waals surface area contributed by atoms with Gasteiger partial charge in [-0.25, -0.2) is 9.78 Å². The van der Waals surface area contributed by atoms with Crippen LogP contribution in [0.15, 0.2) is 66.7 Å². The molecule has 2 aromatic heterocycles. The van der Waals surface area contributed by atoms with Gasteiger partial charge in [0.25, 0.3) is 5.91 Å². The molecule has 6 heteroatoms. The minimum absolute atomic E-state index is 0.230. The Morgan fingerprint density at radius 2 is 1.80 bits per heavy atom. The zero-order valence-electron chi connectivity index (χ0n) is 16.6. The van der Waals surface area contributed by atoms with Crippen molar-refractivity contribution in [2.75, 3.05) is 11.9 Å². The molecular weight excluding hydrogens is 396 g/mol. The summed E-state index contributed by atoms with van der Waals surface area (Å²) in [6, 6.07) is 20.2. The van der Waals surface area contributed by atoms with Crippen molar-refractivity contribution in [2.45, 2.75) is 13.8 Å². The van der Waals surface area contributed by atoms with E-state index in [0.29, 0.717) is 23.4 Å². The first kappa shape index (κ1) is 19.8. The monoisotopic (exact) mass is 416 g/mol. The number of aromatic nitrogens is 1. The fraction of sp³-hybridized carbons (Fsp3) is 0.125. The number of hydrogen-bond donors (Lipinski definition) is 1. The number of carbonyl (C=O) groups excluding carboxylic acids is 2. The summed E-state index contributed by atoms with van der Waals surface area (Å²) in [5.41, 5.74) is 3.14. The molecule has 0 radical (unpaired) electrons. The highest BCUT2D eigenvalue weighted by atomic mass is 32.1. The number of esters is 1. The van der Waals surface area contributed by atoms with Crippen molar-refractivity contribution >= 4 is 39.8 Å². The van der Waals surface area contributed by atoms with Crippen LogP contribution in [0.3, 0.4) is 0 Å². The molecule has 0 bridgehead atoms. The van der Waals surface area contributed by atoms with E-state index in [1.807, 2.05) is 49.4 Å². The lowest BCUT2D eigenvalue weighted by Gasteiger charge is -2.10. The van der Waals surface area contributed by atoms with Gasteiger partial charge in [-0.1, -0.05) is 18.2 Å². The fourth-order valence-electron chi connectivity index (χ4n) is 3.16. The van der Waals surface area contributed by atoms with Crippen LogP contribution in [0.4, 0.5) is 5.69 Å². The Hall–Kier alpha value is -3.51. The number of carbonyl (C=O) groups is 2. The van der Waals surface area contributed by atoms with Gasteiger partial charge in [-0.15, -0.1) is 11.3 Å². The highest BCUT2D eigenvalue weighted by molar-refractivity contribution is 7.15. The van der Waals surface area contributed by atoms with Crippen molar-refractivity contribution in [1.82, 2.24) is 4.98 Å². The van der Waals surface area contributed by atoms with Gasteiger partial charge in [0.2, 0.25) is 0 Å². The van der Waals surface area contributed by atoms with E-state index in [1.54, 1.807) is 42.5 Å². The molecular formula is C24H20N2O3S. The zero-order valence-corrected chi connectivity index (χ0v) is 17.5. The van der Waals surface area contributed by atoms with Crippen LogP contribution < -0.4 is 5.32 Å². The van der Waals surface area contributed by atoms with Crippen molar-refractivity contribution in [1.29, 1.82) is 0 Å². The predicted molar refractivity (Wildman–Crippen MR) is 120 cm³/mol. The molecule has 2 heterocycles. The number of aryl methyl sites for hydroxylation is 1. The maximum absolute atomic E-state index is 13.1. The molecule has 1 amide bonds. The number of nitrogens with one attached hydrogen (secondary N) is 1. The van der Waals surface area contributed by atoms with Gasteiger partial charge in [0.15, 0.2) is 0 Å². The van der Waals surface area contributed by atoms with E-state index in [4.69, 9.17) is 9.72 Å². The first-order valence-corrected chi connectivity index (χ1v) is 10.4. The second kappa shape index (κ2) is 8.47. The van der Waals surface area contributed by atoms with Gasteiger partial charge >= 0.3 is 5.97 Å². The third-order valence-electron chi connectivity index (χ3n) is 4.61. The summed E-state index contributed by atoms with van der Waals surface area (Å²) in [6.07, 6.45) is 0. The Labute approximate surface area is 178 Å². The standard InChI is InChI=1S/C24H20N2O3S/c1-3-29-24(28)16-9-11-17(12-10-16)25-23(27)19-14-21(22-13-8-15(2)30-22)26-20-7-5-4-6-18(19)20/h4-14H,3H2,1-2H3,(H,25,27). The second-order valence-electron chi connectivity index (χ2n) is 6.73. The number of fused-ring (bicyclic) bond motifs is 1. The van der Waals surface area contributed by atoms with Crippen molar-refractivity contribution < 1.29 is 14.3 Å². The summed E-state index contributed by atoms with van der Waals surface area (Å²) in [6.45, 7) is 4.12. The number of amides is 1. The van der Waals surface area contributed by atoms with E-state index in [9.17, 15) is 9.59 Å². The fourth-order valence-corrected chi connectivity index (χ4v) is 3.99. The Bertz CT molecular complexity index is 1230. The topological polar surface area (TPSA) is 68.3 Å². The Kier molecular flexibility index (Phi) is 5.59. The summed E-state index contributed by atoms with van der Waals surface area (Å²) in [5, 5.41) is 3.70. The van der Waals surface area contributed by atoms with Crippen LogP contribution in [0.2, 0.25) is 0 Å². The summed E-state index contributed by atoms with van der Waals surface area (Å²) in [4.78, 5) is 31.9. The van der Waals surface area contributed by atoms with Gasteiger partial charge in [0.1, 0.15) is 0 Å². The highest BCUT2D eigenvalue weighted by Crippen LogP contribution is 2.30. The molecule has 4 aromatic rings. The minimum Gasteiger partial charge on any atom is -0.462 e. The third kappa shape index (κ3) is 4.09. The molecule has 0 spiro atoms. The maximum atomic E-state index is 13.1. The van der Waals surface area contributed by atoms with E-state index in [2.05, 4.69) is 5.32 Å². The lowest BCUT2D eigenvalue weighted by molar-refractivity contribution is 0.0526. The van der Waals surface area contributed by atoms with Crippen LogP contribution in [0.5, 0.6) is 0 Å². The molecule has 150 valence electrons. The number of para-hydroxylation sites is 1. The van der Waals surface area contributed by atoms with Gasteiger partial charge in [-0.2, -0.15) is 0 Å². The van der Waals surface area contributed by atoms with Crippen molar-refractivity contribution in [3.05, 3.63) is 82.7 Å². The Morgan fingerprint density at radius 3 is 2.50 bits per heavy atom. The van der Waals surface area contributed by atoms with Gasteiger partial charge < -0.3 is 10.1 Å². The number of nitrogens with zero attached hydrogens (tertiary/aromatic N) is 1. The van der Waals surface area contributed by atoms with Crippen molar-refractivity contribution in [3.63, 3.8) is 0 Å². The van der Waals surface area contributed by atoms with Crippen LogP contribution in [0.1, 0.15) is 32.5 Å². The van der Waals surface area contributed by atoms with Gasteiger partial charge in [0.05, 0.1) is 33.8 Å². The number of thiophene rings is 1. The third-order valence-corrected chi connectivity index (χ3v) is 5.63. The number of benzene rings is 2. The predicted octanol–water partition coefficient (Wildman–Crippen LogP) is 5.70. The highest BCUT2D eigenvalue weighted by Gasteiger charge is 2.15. The average Bonchev–Trinajstić information content (AvgIpc) is 3.20. The quantitative estimate of drug-likeness (QED) is 0.424. The van der Waals surface area contributed by atoms with Crippen molar-refractivity contribution in [3.8, 4) is 10.6 Å². The molecule has 0 aliphatic rings. The first-order chi connectivity index (χ1) is 14.5. The van der Waals surface area contributed by atoms with Gasteiger partial charge in [-0.05, 0) is 62.4 Å². The molecule has 4 rings (SSSR count). The lowest BCUT2D eigenvalue weighted by Crippen LogP contribution is -2.13. The zero-order chi connectivity index (χ0) is 21.1. The summed E-state index contributed by atoms with van der Waals surface area (Å²) >= 11 is 1.64. The molecule has 1 N–H and O–H groups in total. The molecule has 0 saturated heterocycles. The van der Waals surface area contributed by atoms with E-state index in [-0.39, 0.29) is 11.9 Å². The van der Waals surface area contributed by atoms with Crippen LogP contribution in [0.25, 0.3) is 21.5 Å². The summed E-state index contributed by atoms with van der Waals surface area (Å²) < 4.78 is 4.99. The molecule has 0 unspecified atom stereocenters.